The van der Waals surface area contributed by atoms with E-state index in [1.807, 2.05) is 6.92 Å². The van der Waals surface area contributed by atoms with Crippen LogP contribution in [0.3, 0.4) is 0 Å². The Labute approximate surface area is 207 Å². The van der Waals surface area contributed by atoms with Gasteiger partial charge in [0, 0.05) is 5.56 Å². The van der Waals surface area contributed by atoms with Gasteiger partial charge < -0.3 is 9.16 Å². The van der Waals surface area contributed by atoms with Gasteiger partial charge in [0.15, 0.2) is 0 Å². The molecule has 1 aliphatic heterocycles. The first-order chi connectivity index (χ1) is 15.9. The molecule has 34 heavy (non-hydrogen) atoms. The average Bonchev–Trinajstić information content (AvgIpc) is 2.74. The maximum absolute atomic E-state index is 12.1. The maximum atomic E-state index is 12.1. The molecule has 0 fully saturated rings. The molecule has 1 aliphatic rings. The summed E-state index contributed by atoms with van der Waals surface area (Å²) in [4.78, 5) is 0. The van der Waals surface area contributed by atoms with E-state index >= 15 is 0 Å². The zero-order chi connectivity index (χ0) is 25.5. The minimum absolute atomic E-state index is 0.154. The molecule has 1 aromatic carbocycles. The lowest BCUT2D eigenvalue weighted by molar-refractivity contribution is 0.0559. The lowest BCUT2D eigenvalue weighted by Crippen LogP contribution is -2.37. The van der Waals surface area contributed by atoms with E-state index in [2.05, 4.69) is 59.9 Å². The van der Waals surface area contributed by atoms with E-state index in [0.717, 1.165) is 56.1 Å². The molecular weight excluding hydrogens is 446 g/mol. The van der Waals surface area contributed by atoms with Crippen molar-refractivity contribution in [3.63, 3.8) is 0 Å². The molecule has 0 spiro atoms. The Hall–Kier alpha value is -1.88. The first kappa shape index (κ1) is 28.4. The number of hydrogen-bond donors (Lipinski definition) is 0. The van der Waals surface area contributed by atoms with Crippen LogP contribution in [0.1, 0.15) is 88.0 Å². The van der Waals surface area contributed by atoms with Crippen molar-refractivity contribution < 1.29 is 17.9 Å². The van der Waals surface area contributed by atoms with Crippen LogP contribution in [0.4, 0.5) is 8.78 Å². The molecule has 0 radical (unpaired) electrons. The molecule has 0 bridgehead atoms. The maximum Gasteiger partial charge on any atom is 0.266 e. The number of benzene rings is 1. The van der Waals surface area contributed by atoms with Crippen LogP contribution in [0.15, 0.2) is 35.5 Å². The topological polar surface area (TPSA) is 18.5 Å². The predicted octanol–water partition coefficient (Wildman–Crippen LogP) is 9.07. The second kappa shape index (κ2) is 12.7. The van der Waals surface area contributed by atoms with Gasteiger partial charge in [-0.1, -0.05) is 23.3 Å². The minimum atomic E-state index is -1.59. The molecule has 1 aromatic rings. The highest BCUT2D eigenvalue weighted by molar-refractivity contribution is 6.49. The van der Waals surface area contributed by atoms with Crippen molar-refractivity contribution in [2.45, 2.75) is 112 Å². The van der Waals surface area contributed by atoms with Gasteiger partial charge in [0.1, 0.15) is 17.1 Å². The molecule has 0 unspecified atom stereocenters. The summed E-state index contributed by atoms with van der Waals surface area (Å²) in [6.45, 7) is 17.4. The average molecular weight is 491 g/mol. The van der Waals surface area contributed by atoms with Crippen LogP contribution in [-0.4, -0.2) is 14.6 Å². The fraction of sp³-hybridized carbons (Fsp3) is 0.586. The van der Waals surface area contributed by atoms with E-state index in [0.29, 0.717) is 12.8 Å². The fourth-order valence-electron chi connectivity index (χ4n) is 4.65. The molecule has 2 rings (SSSR count). The van der Waals surface area contributed by atoms with Gasteiger partial charge in [-0.3, -0.25) is 0 Å². The van der Waals surface area contributed by atoms with Gasteiger partial charge in [-0.25, -0.2) is 0 Å². The van der Waals surface area contributed by atoms with E-state index in [1.54, 1.807) is 0 Å². The van der Waals surface area contributed by atoms with Crippen molar-refractivity contribution in [1.82, 2.24) is 0 Å². The van der Waals surface area contributed by atoms with Gasteiger partial charge in [-0.05, 0) is 129 Å². The van der Waals surface area contributed by atoms with Gasteiger partial charge in [0.05, 0.1) is 0 Å². The molecule has 0 saturated carbocycles. The van der Waals surface area contributed by atoms with E-state index in [4.69, 9.17) is 9.16 Å². The molecule has 0 amide bonds. The van der Waals surface area contributed by atoms with Crippen molar-refractivity contribution in [1.29, 1.82) is 0 Å². The smallest absolute Gasteiger partial charge is 0.266 e. The standard InChI is InChI=1S/C29H44F2O2Si/c1-20(14-10-16-26(30)31)12-9-13-21(2)15-11-18-29(6)19-17-25-24(5)27(33-34(7)8)22(3)23(4)28(25)32-29/h12,15-16,34H,9-11,13-14,17-19H2,1-8H3/b20-12+,21-15+/t29-/m1/s1. The number of ether oxygens (including phenoxy) is 1. The van der Waals surface area contributed by atoms with E-state index in [1.165, 1.54) is 33.4 Å². The number of allylic oxidation sites excluding steroid dienone is 5. The fourth-order valence-corrected chi connectivity index (χ4v) is 5.48. The Balaban J connectivity index is 1.95. The first-order valence-electron chi connectivity index (χ1n) is 12.7. The van der Waals surface area contributed by atoms with Crippen molar-refractivity contribution in [3.05, 3.63) is 57.7 Å². The second-order valence-electron chi connectivity index (χ2n) is 10.4. The zero-order valence-electron chi connectivity index (χ0n) is 22.5. The molecule has 190 valence electrons. The molecule has 5 heteroatoms. The summed E-state index contributed by atoms with van der Waals surface area (Å²) < 4.78 is 37.2. The van der Waals surface area contributed by atoms with Crippen LogP contribution < -0.4 is 9.16 Å². The summed E-state index contributed by atoms with van der Waals surface area (Å²) in [7, 11) is -1.17. The van der Waals surface area contributed by atoms with E-state index in [9.17, 15) is 8.78 Å². The number of rotatable bonds is 11. The van der Waals surface area contributed by atoms with Gasteiger partial charge >= 0.3 is 0 Å². The molecule has 0 aromatic heterocycles. The van der Waals surface area contributed by atoms with Crippen LogP contribution in [0.25, 0.3) is 0 Å². The Morgan fingerprint density at radius 3 is 2.12 bits per heavy atom. The molecule has 2 nitrogen and oxygen atoms in total. The first-order valence-corrected chi connectivity index (χ1v) is 15.5. The molecule has 0 saturated heterocycles. The highest BCUT2D eigenvalue weighted by Gasteiger charge is 2.34. The largest absolute Gasteiger partial charge is 0.547 e. The summed E-state index contributed by atoms with van der Waals surface area (Å²) >= 11 is 0. The third-order valence-corrected chi connectivity index (χ3v) is 7.66. The summed E-state index contributed by atoms with van der Waals surface area (Å²) in [6, 6.07) is 0. The highest BCUT2D eigenvalue weighted by atomic mass is 28.3. The molecule has 0 aliphatic carbocycles. The summed E-state index contributed by atoms with van der Waals surface area (Å²) in [5.74, 6) is 2.16. The number of halogens is 2. The third kappa shape index (κ3) is 8.11. The highest BCUT2D eigenvalue weighted by Crippen LogP contribution is 2.45. The molecule has 1 heterocycles. The van der Waals surface area contributed by atoms with Crippen molar-refractivity contribution in [2.24, 2.45) is 0 Å². The molecular formula is C29H44F2O2Si. The van der Waals surface area contributed by atoms with Gasteiger partial charge in [-0.2, -0.15) is 8.78 Å². The lowest BCUT2D eigenvalue weighted by atomic mass is 9.85. The van der Waals surface area contributed by atoms with E-state index < -0.39 is 15.1 Å². The summed E-state index contributed by atoms with van der Waals surface area (Å²) in [5.41, 5.74) is 7.41. The quantitative estimate of drug-likeness (QED) is 0.227. The van der Waals surface area contributed by atoms with Crippen LogP contribution in [0.5, 0.6) is 11.5 Å². The van der Waals surface area contributed by atoms with Crippen LogP contribution in [0, 0.1) is 20.8 Å². The number of hydrogen-bond acceptors (Lipinski definition) is 2. The summed E-state index contributed by atoms with van der Waals surface area (Å²) in [6.07, 6.45) is 11.0. The second-order valence-corrected chi connectivity index (χ2v) is 12.8. The minimum Gasteiger partial charge on any atom is -0.547 e. The van der Waals surface area contributed by atoms with Crippen LogP contribution >= 0.6 is 0 Å². The Morgan fingerprint density at radius 1 is 0.941 bits per heavy atom. The Morgan fingerprint density at radius 2 is 1.53 bits per heavy atom. The number of fused-ring (bicyclic) bond motifs is 1. The van der Waals surface area contributed by atoms with Crippen LogP contribution in [-0.2, 0) is 6.42 Å². The summed E-state index contributed by atoms with van der Waals surface area (Å²) in [5, 5.41) is 0. The van der Waals surface area contributed by atoms with Gasteiger partial charge in [0.2, 0.25) is 9.04 Å². The van der Waals surface area contributed by atoms with Gasteiger partial charge in [-0.15, -0.1) is 0 Å². The van der Waals surface area contributed by atoms with Crippen LogP contribution in [0.2, 0.25) is 13.1 Å². The molecule has 1 atom stereocenters. The van der Waals surface area contributed by atoms with Crippen molar-refractivity contribution >= 4 is 9.04 Å². The normalized spacial score (nSPS) is 18.6. The van der Waals surface area contributed by atoms with Crippen molar-refractivity contribution in [2.75, 3.05) is 0 Å². The van der Waals surface area contributed by atoms with Gasteiger partial charge in [0.25, 0.3) is 6.08 Å². The molecule has 0 N–H and O–H groups in total. The van der Waals surface area contributed by atoms with E-state index in [-0.39, 0.29) is 5.60 Å². The SMILES string of the molecule is C/C(=C\CC/C(C)=C/CC[C@]1(C)CCc2c(C)c(O[SiH](C)C)c(C)c(C)c2O1)CCC=C(F)F. The van der Waals surface area contributed by atoms with Crippen molar-refractivity contribution in [3.8, 4) is 11.5 Å². The Bertz CT molecular complexity index is 942. The predicted molar refractivity (Wildman–Crippen MR) is 143 cm³/mol. The lowest BCUT2D eigenvalue weighted by Gasteiger charge is -2.38. The third-order valence-electron chi connectivity index (χ3n) is 6.95. The monoisotopic (exact) mass is 490 g/mol. The Kier molecular flexibility index (Phi) is 10.6. The zero-order valence-corrected chi connectivity index (χ0v) is 23.7.